The molecule has 0 aromatic carbocycles. The van der Waals surface area contributed by atoms with E-state index in [0.717, 1.165) is 11.5 Å². The minimum absolute atomic E-state index is 0.0628. The maximum absolute atomic E-state index is 6.09. The van der Waals surface area contributed by atoms with E-state index in [0.29, 0.717) is 5.25 Å². The zero-order valence-corrected chi connectivity index (χ0v) is 8.94. The maximum atomic E-state index is 6.09. The van der Waals surface area contributed by atoms with Crippen LogP contribution in [-0.4, -0.2) is 22.5 Å². The van der Waals surface area contributed by atoms with Gasteiger partial charge in [0.05, 0.1) is 12.3 Å². The Morgan fingerprint density at radius 3 is 3.08 bits per heavy atom. The van der Waals surface area contributed by atoms with Gasteiger partial charge in [0.2, 0.25) is 0 Å². The third-order valence-corrected chi connectivity index (χ3v) is 5.00. The summed E-state index contributed by atoms with van der Waals surface area (Å²) in [6.45, 7) is 0. The summed E-state index contributed by atoms with van der Waals surface area (Å²) < 4.78 is 5.30. The van der Waals surface area contributed by atoms with Crippen molar-refractivity contribution >= 4 is 23.5 Å². The molecular formula is C9H13NOS2. The lowest BCUT2D eigenvalue weighted by Crippen LogP contribution is -2.28. The van der Waals surface area contributed by atoms with Crippen LogP contribution in [0.15, 0.2) is 22.8 Å². The van der Waals surface area contributed by atoms with Gasteiger partial charge in [0, 0.05) is 22.5 Å². The molecule has 2 heterocycles. The number of thioether (sulfide) groups is 2. The second-order valence-electron chi connectivity index (χ2n) is 3.03. The van der Waals surface area contributed by atoms with Crippen molar-refractivity contribution in [3.63, 3.8) is 0 Å². The largest absolute Gasteiger partial charge is 0.468 e. The Labute approximate surface area is 86.6 Å². The molecule has 1 fully saturated rings. The molecule has 0 amide bonds. The average Bonchev–Trinajstić information content (AvgIpc) is 2.71. The third-order valence-electron chi connectivity index (χ3n) is 2.11. The summed E-state index contributed by atoms with van der Waals surface area (Å²) in [7, 11) is 0. The second-order valence-corrected chi connectivity index (χ2v) is 5.52. The van der Waals surface area contributed by atoms with Crippen LogP contribution in [0.5, 0.6) is 0 Å². The van der Waals surface area contributed by atoms with Crippen LogP contribution in [0.25, 0.3) is 0 Å². The number of hydrogen-bond donors (Lipinski definition) is 1. The van der Waals surface area contributed by atoms with Gasteiger partial charge in [-0.05, 0) is 12.1 Å². The van der Waals surface area contributed by atoms with E-state index < -0.39 is 0 Å². The molecule has 2 unspecified atom stereocenters. The molecule has 1 saturated heterocycles. The molecule has 2 N–H and O–H groups in total. The second kappa shape index (κ2) is 4.44. The molecule has 1 aliphatic rings. The summed E-state index contributed by atoms with van der Waals surface area (Å²) in [4.78, 5) is 0. The predicted octanol–water partition coefficient (Wildman–Crippen LogP) is 2.13. The summed E-state index contributed by atoms with van der Waals surface area (Å²) in [6, 6.07) is 3.92. The van der Waals surface area contributed by atoms with Crippen LogP contribution in [0.3, 0.4) is 0 Å². The van der Waals surface area contributed by atoms with E-state index in [1.165, 1.54) is 11.5 Å². The first-order valence-electron chi connectivity index (χ1n) is 4.36. The Morgan fingerprint density at radius 1 is 1.54 bits per heavy atom. The summed E-state index contributed by atoms with van der Waals surface area (Å²) in [5.41, 5.74) is 6.09. The summed E-state index contributed by atoms with van der Waals surface area (Å²) in [5, 5.41) is 0.518. The lowest BCUT2D eigenvalue weighted by atomic mass is 10.2. The fourth-order valence-corrected chi connectivity index (χ4v) is 4.16. The van der Waals surface area contributed by atoms with Gasteiger partial charge < -0.3 is 10.2 Å². The Kier molecular flexibility index (Phi) is 3.24. The summed E-state index contributed by atoms with van der Waals surface area (Å²) in [6.07, 6.45) is 1.69. The molecule has 0 aliphatic carbocycles. The van der Waals surface area contributed by atoms with Crippen LogP contribution in [0, 0.1) is 0 Å². The monoisotopic (exact) mass is 215 g/mol. The fraction of sp³-hybridized carbons (Fsp3) is 0.556. The maximum Gasteiger partial charge on any atom is 0.121 e. The fourth-order valence-electron chi connectivity index (χ4n) is 1.38. The SMILES string of the molecule is NC(c1ccco1)C1CSCCS1. The lowest BCUT2D eigenvalue weighted by Gasteiger charge is -2.25. The molecule has 0 spiro atoms. The van der Waals surface area contributed by atoms with Crippen molar-refractivity contribution in [1.82, 2.24) is 0 Å². The van der Waals surface area contributed by atoms with Gasteiger partial charge in [0.15, 0.2) is 0 Å². The van der Waals surface area contributed by atoms with E-state index in [-0.39, 0.29) is 6.04 Å². The number of nitrogens with two attached hydrogens (primary N) is 1. The van der Waals surface area contributed by atoms with Crippen LogP contribution < -0.4 is 5.73 Å². The quantitative estimate of drug-likeness (QED) is 0.820. The Bertz CT molecular complexity index is 244. The number of rotatable bonds is 2. The molecule has 1 aliphatic heterocycles. The van der Waals surface area contributed by atoms with Crippen LogP contribution >= 0.6 is 23.5 Å². The number of hydrogen-bond acceptors (Lipinski definition) is 4. The van der Waals surface area contributed by atoms with Crippen molar-refractivity contribution in [2.24, 2.45) is 5.73 Å². The molecule has 4 heteroatoms. The van der Waals surface area contributed by atoms with E-state index in [2.05, 4.69) is 0 Å². The highest BCUT2D eigenvalue weighted by Crippen LogP contribution is 2.32. The summed E-state index contributed by atoms with van der Waals surface area (Å²) in [5.74, 6) is 4.53. The first-order valence-corrected chi connectivity index (χ1v) is 6.56. The Balaban J connectivity index is 1.99. The lowest BCUT2D eigenvalue weighted by molar-refractivity contribution is 0.465. The van der Waals surface area contributed by atoms with Gasteiger partial charge in [-0.25, -0.2) is 0 Å². The van der Waals surface area contributed by atoms with Gasteiger partial charge in [0.1, 0.15) is 5.76 Å². The van der Waals surface area contributed by atoms with Crippen LogP contribution in [-0.2, 0) is 0 Å². The first-order chi connectivity index (χ1) is 6.38. The molecule has 0 radical (unpaired) electrons. The number of furan rings is 1. The highest BCUT2D eigenvalue weighted by molar-refractivity contribution is 8.06. The topological polar surface area (TPSA) is 39.2 Å². The Morgan fingerprint density at radius 2 is 2.46 bits per heavy atom. The standard InChI is InChI=1S/C9H13NOS2/c10-9(7-2-1-3-11-7)8-6-12-4-5-13-8/h1-3,8-9H,4-6,10H2. The first kappa shape index (κ1) is 9.49. The van der Waals surface area contributed by atoms with Crippen molar-refractivity contribution in [1.29, 1.82) is 0 Å². The Hall–Kier alpha value is -0.0600. The third kappa shape index (κ3) is 2.24. The molecule has 2 atom stereocenters. The van der Waals surface area contributed by atoms with Crippen LogP contribution in [0.1, 0.15) is 11.8 Å². The minimum atomic E-state index is 0.0628. The summed E-state index contributed by atoms with van der Waals surface area (Å²) >= 11 is 3.95. The van der Waals surface area contributed by atoms with Gasteiger partial charge in [-0.3, -0.25) is 0 Å². The zero-order chi connectivity index (χ0) is 9.10. The predicted molar refractivity (Wildman–Crippen MR) is 59.2 cm³/mol. The molecule has 2 rings (SSSR count). The van der Waals surface area contributed by atoms with Crippen molar-refractivity contribution in [2.45, 2.75) is 11.3 Å². The van der Waals surface area contributed by atoms with Crippen molar-refractivity contribution in [2.75, 3.05) is 17.3 Å². The van der Waals surface area contributed by atoms with E-state index in [1.54, 1.807) is 6.26 Å². The van der Waals surface area contributed by atoms with E-state index >= 15 is 0 Å². The molecular weight excluding hydrogens is 202 g/mol. The van der Waals surface area contributed by atoms with Gasteiger partial charge in [-0.15, -0.1) is 0 Å². The zero-order valence-electron chi connectivity index (χ0n) is 7.31. The van der Waals surface area contributed by atoms with Gasteiger partial charge in [-0.2, -0.15) is 23.5 Å². The van der Waals surface area contributed by atoms with Crippen molar-refractivity contribution in [3.05, 3.63) is 24.2 Å². The molecule has 1 aromatic heterocycles. The molecule has 13 heavy (non-hydrogen) atoms. The smallest absolute Gasteiger partial charge is 0.121 e. The van der Waals surface area contributed by atoms with Crippen molar-refractivity contribution in [3.8, 4) is 0 Å². The molecule has 0 saturated carbocycles. The minimum Gasteiger partial charge on any atom is -0.468 e. The van der Waals surface area contributed by atoms with E-state index in [1.807, 2.05) is 35.7 Å². The normalized spacial score (nSPS) is 25.8. The van der Waals surface area contributed by atoms with Crippen molar-refractivity contribution < 1.29 is 4.42 Å². The van der Waals surface area contributed by atoms with Gasteiger partial charge in [0.25, 0.3) is 0 Å². The van der Waals surface area contributed by atoms with Gasteiger partial charge in [-0.1, -0.05) is 0 Å². The highest BCUT2D eigenvalue weighted by Gasteiger charge is 2.24. The van der Waals surface area contributed by atoms with Gasteiger partial charge >= 0.3 is 0 Å². The molecule has 1 aromatic rings. The van der Waals surface area contributed by atoms with E-state index in [9.17, 15) is 0 Å². The molecule has 2 nitrogen and oxygen atoms in total. The van der Waals surface area contributed by atoms with Crippen LogP contribution in [0.2, 0.25) is 0 Å². The van der Waals surface area contributed by atoms with E-state index in [4.69, 9.17) is 10.2 Å². The average molecular weight is 215 g/mol. The van der Waals surface area contributed by atoms with Crippen LogP contribution in [0.4, 0.5) is 0 Å². The highest BCUT2D eigenvalue weighted by atomic mass is 32.2. The molecule has 72 valence electrons. The molecule has 0 bridgehead atoms.